The lowest BCUT2D eigenvalue weighted by molar-refractivity contribution is -0.0631. The number of halogens is 2. The number of aryl methyl sites for hydroxylation is 1. The van der Waals surface area contributed by atoms with Crippen molar-refractivity contribution in [2.75, 3.05) is 0 Å². The Morgan fingerprint density at radius 1 is 1.06 bits per heavy atom. The Morgan fingerprint density at radius 3 is 2.33 bits per heavy atom. The minimum absolute atomic E-state index is 0.0105. The summed E-state index contributed by atoms with van der Waals surface area (Å²) < 4.78 is 33.7. The molecule has 1 saturated carbocycles. The summed E-state index contributed by atoms with van der Waals surface area (Å²) in [5.41, 5.74) is 2.45. The van der Waals surface area contributed by atoms with Crippen molar-refractivity contribution < 1.29 is 18.6 Å². The van der Waals surface area contributed by atoms with Crippen LogP contribution in [0.25, 0.3) is 10.8 Å². The normalized spacial score (nSPS) is 30.2. The fraction of sp³-hybridized carbons (Fsp3) is 0.613. The van der Waals surface area contributed by atoms with Gasteiger partial charge in [0.2, 0.25) is 5.92 Å². The maximum absolute atomic E-state index is 13.7. The molecule has 5 rings (SSSR count). The molecule has 2 aromatic rings. The van der Waals surface area contributed by atoms with E-state index < -0.39 is 11.8 Å². The number of fused-ring (bicyclic) bond motifs is 3. The molecule has 0 amide bonds. The quantitative estimate of drug-likeness (QED) is 0.406. The Hall–Kier alpha value is -2.14. The molecule has 2 aliphatic heterocycles. The highest BCUT2D eigenvalue weighted by atomic mass is 19.3. The number of rotatable bonds is 6. The van der Waals surface area contributed by atoms with Crippen LogP contribution in [0, 0.1) is 18.8 Å². The number of hydrogen-bond acceptors (Lipinski definition) is 3. The van der Waals surface area contributed by atoms with Gasteiger partial charge in [-0.05, 0) is 106 Å². The van der Waals surface area contributed by atoms with Crippen LogP contribution in [0.5, 0.6) is 5.75 Å². The first-order valence-corrected chi connectivity index (χ1v) is 13.8. The van der Waals surface area contributed by atoms with E-state index in [9.17, 15) is 13.9 Å². The molecule has 0 aromatic heterocycles. The molecule has 0 spiro atoms. The van der Waals surface area contributed by atoms with Crippen LogP contribution in [-0.2, 0) is 0 Å². The van der Waals surface area contributed by atoms with Crippen LogP contribution in [-0.4, -0.2) is 34.1 Å². The number of aliphatic hydroxyl groups is 1. The Morgan fingerprint density at radius 2 is 1.72 bits per heavy atom. The molecule has 2 bridgehead atoms. The molecule has 3 atom stereocenters. The Balaban J connectivity index is 1.31. The molecule has 2 aromatic carbocycles. The number of allylic oxidation sites excluding steroid dienone is 1. The van der Waals surface area contributed by atoms with Gasteiger partial charge in [0, 0.05) is 30.0 Å². The second-order valence-corrected chi connectivity index (χ2v) is 11.7. The number of alkyl halides is 2. The maximum atomic E-state index is 13.7. The van der Waals surface area contributed by atoms with Gasteiger partial charge < -0.3 is 9.84 Å². The van der Waals surface area contributed by atoms with Crippen molar-refractivity contribution in [2.45, 2.75) is 109 Å². The van der Waals surface area contributed by atoms with Gasteiger partial charge in [0.05, 0.1) is 11.9 Å². The summed E-state index contributed by atoms with van der Waals surface area (Å²) >= 11 is 0. The molecule has 5 heteroatoms. The third-order valence-corrected chi connectivity index (χ3v) is 9.38. The number of benzene rings is 2. The summed E-state index contributed by atoms with van der Waals surface area (Å²) in [7, 11) is 0. The zero-order chi connectivity index (χ0) is 25.6. The van der Waals surface area contributed by atoms with Gasteiger partial charge in [-0.15, -0.1) is 0 Å². The number of ether oxygens (including phenoxy) is 1. The zero-order valence-electron chi connectivity index (χ0n) is 22.0. The molecule has 3 fully saturated rings. The molecule has 1 N–H and O–H groups in total. The van der Waals surface area contributed by atoms with E-state index in [0.717, 1.165) is 31.1 Å². The highest BCUT2D eigenvalue weighted by Gasteiger charge is 2.41. The van der Waals surface area contributed by atoms with Crippen molar-refractivity contribution in [3.63, 3.8) is 0 Å². The van der Waals surface area contributed by atoms with E-state index in [1.54, 1.807) is 0 Å². The summed E-state index contributed by atoms with van der Waals surface area (Å²) in [5.74, 6) is -1.66. The summed E-state index contributed by atoms with van der Waals surface area (Å²) in [4.78, 5) is 2.70. The molecule has 3 nitrogen and oxygen atoms in total. The van der Waals surface area contributed by atoms with E-state index in [4.69, 9.17) is 4.74 Å². The largest absolute Gasteiger partial charge is 0.513 e. The van der Waals surface area contributed by atoms with Gasteiger partial charge >= 0.3 is 0 Å². The fourth-order valence-corrected chi connectivity index (χ4v) is 7.23. The smallest absolute Gasteiger partial charge is 0.248 e. The van der Waals surface area contributed by atoms with E-state index in [2.05, 4.69) is 55.7 Å². The van der Waals surface area contributed by atoms with Crippen LogP contribution in [0.15, 0.2) is 42.7 Å². The summed E-state index contributed by atoms with van der Waals surface area (Å²) in [6.07, 6.45) is 8.08. The van der Waals surface area contributed by atoms with Gasteiger partial charge in [-0.3, -0.25) is 4.90 Å². The van der Waals surface area contributed by atoms with Gasteiger partial charge in [-0.25, -0.2) is 8.78 Å². The predicted molar refractivity (Wildman–Crippen MR) is 142 cm³/mol. The average Bonchev–Trinajstić information content (AvgIpc) is 2.84. The minimum atomic E-state index is -2.60. The van der Waals surface area contributed by atoms with Crippen LogP contribution in [0.2, 0.25) is 0 Å². The molecular weight excluding hydrogens is 456 g/mol. The standard InChI is InChI=1S/C31H41F2NO2/c1-19-29-14-8-22(20(2)34-26-6-5-7-27(34)18-24(17-26)21(3)35)16-23(29)9-15-30(19)36-28-12-10-25(11-13-28)31(4,32)33/h8-9,14-16,20,24-28,35H,3,5-7,10-13,17-18H2,1-2,4H3. The monoisotopic (exact) mass is 497 g/mol. The Labute approximate surface area is 214 Å². The highest BCUT2D eigenvalue weighted by Crippen LogP contribution is 2.44. The molecular formula is C31H41F2NO2. The first-order chi connectivity index (χ1) is 17.1. The van der Waals surface area contributed by atoms with Crippen LogP contribution in [0.3, 0.4) is 0 Å². The summed E-state index contributed by atoms with van der Waals surface area (Å²) in [5, 5.41) is 12.4. The molecule has 3 aliphatic rings. The lowest BCUT2D eigenvalue weighted by Crippen LogP contribution is -2.53. The van der Waals surface area contributed by atoms with Crippen molar-refractivity contribution in [3.05, 3.63) is 53.8 Å². The van der Waals surface area contributed by atoms with E-state index in [0.29, 0.717) is 49.6 Å². The summed E-state index contributed by atoms with van der Waals surface area (Å²) in [6, 6.07) is 12.3. The first kappa shape index (κ1) is 25.5. The molecule has 2 saturated heterocycles. The van der Waals surface area contributed by atoms with Crippen molar-refractivity contribution in [1.82, 2.24) is 4.90 Å². The van der Waals surface area contributed by atoms with Crippen LogP contribution in [0.4, 0.5) is 8.78 Å². The number of hydrogen-bond donors (Lipinski definition) is 1. The Kier molecular flexibility index (Phi) is 7.06. The Bertz CT molecular complexity index is 1090. The third-order valence-electron chi connectivity index (χ3n) is 9.38. The number of piperidine rings is 2. The van der Waals surface area contributed by atoms with Gasteiger partial charge in [-0.1, -0.05) is 31.2 Å². The molecule has 0 radical (unpaired) electrons. The van der Waals surface area contributed by atoms with Gasteiger partial charge in [-0.2, -0.15) is 0 Å². The van der Waals surface area contributed by atoms with Crippen molar-refractivity contribution in [1.29, 1.82) is 0 Å². The molecule has 1 aliphatic carbocycles. The maximum Gasteiger partial charge on any atom is 0.248 e. The average molecular weight is 498 g/mol. The topological polar surface area (TPSA) is 32.7 Å². The van der Waals surface area contributed by atoms with Crippen LogP contribution >= 0.6 is 0 Å². The zero-order valence-corrected chi connectivity index (χ0v) is 22.0. The lowest BCUT2D eigenvalue weighted by atomic mass is 9.76. The highest BCUT2D eigenvalue weighted by molar-refractivity contribution is 5.88. The molecule has 196 valence electrons. The van der Waals surface area contributed by atoms with Gasteiger partial charge in [0.15, 0.2) is 0 Å². The fourth-order valence-electron chi connectivity index (χ4n) is 7.23. The van der Waals surface area contributed by atoms with Crippen LogP contribution in [0.1, 0.15) is 88.8 Å². The van der Waals surface area contributed by atoms with Gasteiger partial charge in [0.25, 0.3) is 0 Å². The predicted octanol–water partition coefficient (Wildman–Crippen LogP) is 8.51. The third kappa shape index (κ3) is 5.01. The number of nitrogens with zero attached hydrogens (tertiary/aromatic N) is 1. The second kappa shape index (κ2) is 9.96. The molecule has 3 unspecified atom stereocenters. The molecule has 36 heavy (non-hydrogen) atoms. The van der Waals surface area contributed by atoms with E-state index in [1.807, 2.05) is 0 Å². The van der Waals surface area contributed by atoms with Gasteiger partial charge in [0.1, 0.15) is 5.75 Å². The van der Waals surface area contributed by atoms with E-state index in [1.165, 1.54) is 35.6 Å². The van der Waals surface area contributed by atoms with Crippen LogP contribution < -0.4 is 4.74 Å². The van der Waals surface area contributed by atoms with Crippen molar-refractivity contribution >= 4 is 10.8 Å². The van der Waals surface area contributed by atoms with Crippen molar-refractivity contribution in [2.24, 2.45) is 11.8 Å². The second-order valence-electron chi connectivity index (χ2n) is 11.7. The van der Waals surface area contributed by atoms with E-state index >= 15 is 0 Å². The van der Waals surface area contributed by atoms with Crippen molar-refractivity contribution in [3.8, 4) is 5.75 Å². The number of aliphatic hydroxyl groups excluding tert-OH is 1. The summed E-state index contributed by atoms with van der Waals surface area (Å²) in [6.45, 7) is 9.29. The lowest BCUT2D eigenvalue weighted by Gasteiger charge is -2.51. The van der Waals surface area contributed by atoms with E-state index in [-0.39, 0.29) is 12.0 Å². The minimum Gasteiger partial charge on any atom is -0.513 e. The SMILES string of the molecule is C=C(O)C1CC2CCCC(C1)N2C(C)c1ccc2c(C)c(OC3CCC(C(C)(F)F)CC3)ccc2c1. The first-order valence-electron chi connectivity index (χ1n) is 13.8. The molecule has 2 heterocycles.